The van der Waals surface area contributed by atoms with Gasteiger partial charge in [0.05, 0.1) is 16.4 Å². The predicted octanol–water partition coefficient (Wildman–Crippen LogP) is 2.17. The highest BCUT2D eigenvalue weighted by Crippen LogP contribution is 2.11. The van der Waals surface area contributed by atoms with E-state index in [1.165, 1.54) is 12.1 Å². The molecule has 0 fully saturated rings. The van der Waals surface area contributed by atoms with Gasteiger partial charge in [0.2, 0.25) is 11.8 Å². The fraction of sp³-hybridized carbons (Fsp3) is 0.176. The first-order valence-electron chi connectivity index (χ1n) is 7.42. The van der Waals surface area contributed by atoms with Crippen LogP contribution in [0.3, 0.4) is 0 Å². The Hall–Kier alpha value is -2.32. The molecule has 8 heteroatoms. The molecule has 0 heterocycles. The van der Waals surface area contributed by atoms with E-state index in [4.69, 9.17) is 0 Å². The summed E-state index contributed by atoms with van der Waals surface area (Å²) in [6.07, 6.45) is 0. The van der Waals surface area contributed by atoms with Gasteiger partial charge in [-0.1, -0.05) is 35.9 Å². The van der Waals surface area contributed by atoms with Gasteiger partial charge < -0.3 is 5.32 Å². The van der Waals surface area contributed by atoms with Crippen LogP contribution in [0.25, 0.3) is 0 Å². The van der Waals surface area contributed by atoms with Gasteiger partial charge in [-0.2, -0.15) is 0 Å². The molecular formula is C17H18N2O4S2. The molecule has 0 unspecified atom stereocenters. The molecule has 0 saturated carbocycles. The number of para-hydroxylation sites is 1. The number of carbonyl (C=O) groups is 2. The molecule has 0 saturated heterocycles. The molecule has 2 rings (SSSR count). The van der Waals surface area contributed by atoms with Crippen LogP contribution in [0.15, 0.2) is 59.5 Å². The zero-order valence-corrected chi connectivity index (χ0v) is 15.2. The van der Waals surface area contributed by atoms with Gasteiger partial charge in [-0.3, -0.25) is 9.59 Å². The van der Waals surface area contributed by atoms with E-state index in [1.54, 1.807) is 36.4 Å². The van der Waals surface area contributed by atoms with Gasteiger partial charge in [0, 0.05) is 5.69 Å². The Labute approximate surface area is 151 Å². The van der Waals surface area contributed by atoms with Crippen LogP contribution >= 0.6 is 11.8 Å². The van der Waals surface area contributed by atoms with E-state index in [0.717, 1.165) is 17.3 Å². The summed E-state index contributed by atoms with van der Waals surface area (Å²) in [6, 6.07) is 15.1. The van der Waals surface area contributed by atoms with Crippen LogP contribution in [-0.4, -0.2) is 31.7 Å². The number of sulfonamides is 1. The molecule has 0 aliphatic heterocycles. The van der Waals surface area contributed by atoms with Crippen LogP contribution in [-0.2, 0) is 19.6 Å². The third-order valence-electron chi connectivity index (χ3n) is 3.10. The van der Waals surface area contributed by atoms with Crippen molar-refractivity contribution < 1.29 is 18.0 Å². The largest absolute Gasteiger partial charge is 0.325 e. The average molecular weight is 378 g/mol. The summed E-state index contributed by atoms with van der Waals surface area (Å²) < 4.78 is 26.1. The maximum Gasteiger partial charge on any atom is 0.264 e. The Morgan fingerprint density at radius 1 is 0.920 bits per heavy atom. The average Bonchev–Trinajstić information content (AvgIpc) is 2.55. The van der Waals surface area contributed by atoms with Crippen molar-refractivity contribution in [1.82, 2.24) is 4.72 Å². The van der Waals surface area contributed by atoms with Crippen molar-refractivity contribution >= 4 is 39.3 Å². The monoisotopic (exact) mass is 378 g/mol. The van der Waals surface area contributed by atoms with E-state index in [9.17, 15) is 18.0 Å². The van der Waals surface area contributed by atoms with E-state index in [1.807, 2.05) is 17.7 Å². The molecule has 2 aromatic rings. The molecular weight excluding hydrogens is 360 g/mol. The summed E-state index contributed by atoms with van der Waals surface area (Å²) >= 11 is 1.04. The van der Waals surface area contributed by atoms with Crippen molar-refractivity contribution in [2.45, 2.75) is 11.8 Å². The number of rotatable bonds is 7. The summed E-state index contributed by atoms with van der Waals surface area (Å²) in [5, 5.41) is 2.69. The van der Waals surface area contributed by atoms with Crippen molar-refractivity contribution in [2.24, 2.45) is 0 Å². The molecule has 0 aliphatic carbocycles. The number of nitrogens with one attached hydrogen (secondary N) is 2. The molecule has 0 spiro atoms. The van der Waals surface area contributed by atoms with Crippen molar-refractivity contribution in [2.75, 3.05) is 16.8 Å². The Morgan fingerprint density at radius 2 is 1.52 bits per heavy atom. The number of benzene rings is 2. The highest BCUT2D eigenvalue weighted by atomic mass is 32.2. The Kier molecular flexibility index (Phi) is 6.60. The first-order chi connectivity index (χ1) is 11.9. The van der Waals surface area contributed by atoms with Crippen molar-refractivity contribution in [3.63, 3.8) is 0 Å². The number of carbonyl (C=O) groups excluding carboxylic acids is 2. The molecule has 2 amide bonds. The third-order valence-corrected chi connectivity index (χ3v) is 5.43. The quantitative estimate of drug-likeness (QED) is 0.770. The topological polar surface area (TPSA) is 92.3 Å². The van der Waals surface area contributed by atoms with Gasteiger partial charge in [0.1, 0.15) is 0 Å². The van der Waals surface area contributed by atoms with Gasteiger partial charge in [-0.05, 0) is 31.2 Å². The lowest BCUT2D eigenvalue weighted by atomic mass is 10.2. The lowest BCUT2D eigenvalue weighted by molar-refractivity contribution is -0.116. The van der Waals surface area contributed by atoms with Gasteiger partial charge in [-0.15, -0.1) is 11.8 Å². The molecule has 0 bridgehead atoms. The summed E-state index contributed by atoms with van der Waals surface area (Å²) in [5.41, 5.74) is 1.59. The second-order valence-corrected chi connectivity index (χ2v) is 7.92. The smallest absolute Gasteiger partial charge is 0.264 e. The maximum absolute atomic E-state index is 12.1. The SMILES string of the molecule is Cc1ccc(S(=O)(=O)NC(=O)CSCC(=O)Nc2ccccc2)cc1. The lowest BCUT2D eigenvalue weighted by Gasteiger charge is -2.07. The van der Waals surface area contributed by atoms with Crippen LogP contribution in [0.1, 0.15) is 5.56 Å². The van der Waals surface area contributed by atoms with Gasteiger partial charge in [0.15, 0.2) is 0 Å². The van der Waals surface area contributed by atoms with E-state index in [2.05, 4.69) is 5.32 Å². The molecule has 0 aliphatic rings. The summed E-state index contributed by atoms with van der Waals surface area (Å²) in [7, 11) is -3.89. The first kappa shape index (κ1) is 19.0. The standard InChI is InChI=1S/C17H18N2O4S2/c1-13-7-9-15(10-8-13)25(22,23)19-17(21)12-24-11-16(20)18-14-5-3-2-4-6-14/h2-10H,11-12H2,1H3,(H,18,20)(H,19,21). The number of hydrogen-bond donors (Lipinski definition) is 2. The number of hydrogen-bond acceptors (Lipinski definition) is 5. The molecule has 132 valence electrons. The van der Waals surface area contributed by atoms with E-state index in [0.29, 0.717) is 5.69 Å². The van der Waals surface area contributed by atoms with Gasteiger partial charge in [-0.25, -0.2) is 13.1 Å². The minimum Gasteiger partial charge on any atom is -0.325 e. The van der Waals surface area contributed by atoms with Crippen LogP contribution in [0.5, 0.6) is 0 Å². The number of anilines is 1. The Balaban J connectivity index is 1.78. The van der Waals surface area contributed by atoms with Crippen molar-refractivity contribution in [3.05, 3.63) is 60.2 Å². The lowest BCUT2D eigenvalue weighted by Crippen LogP contribution is -2.32. The fourth-order valence-electron chi connectivity index (χ4n) is 1.91. The van der Waals surface area contributed by atoms with Crippen molar-refractivity contribution in [3.8, 4) is 0 Å². The van der Waals surface area contributed by atoms with E-state index in [-0.39, 0.29) is 22.3 Å². The van der Waals surface area contributed by atoms with Crippen molar-refractivity contribution in [1.29, 1.82) is 0 Å². The number of thioether (sulfide) groups is 1. The molecule has 0 radical (unpaired) electrons. The highest BCUT2D eigenvalue weighted by Gasteiger charge is 2.17. The van der Waals surface area contributed by atoms with Crippen LogP contribution < -0.4 is 10.0 Å². The van der Waals surface area contributed by atoms with Crippen LogP contribution in [0.4, 0.5) is 5.69 Å². The van der Waals surface area contributed by atoms with E-state index >= 15 is 0 Å². The van der Waals surface area contributed by atoms with Gasteiger partial charge in [0.25, 0.3) is 10.0 Å². The number of aryl methyl sites for hydroxylation is 1. The predicted molar refractivity (Wildman–Crippen MR) is 98.9 cm³/mol. The third kappa shape index (κ3) is 6.24. The zero-order valence-electron chi connectivity index (χ0n) is 13.6. The number of amides is 2. The molecule has 2 aromatic carbocycles. The first-order valence-corrected chi connectivity index (χ1v) is 10.1. The molecule has 0 aromatic heterocycles. The Bertz CT molecular complexity index is 835. The Morgan fingerprint density at radius 3 is 2.16 bits per heavy atom. The second kappa shape index (κ2) is 8.68. The highest BCUT2D eigenvalue weighted by molar-refractivity contribution is 8.00. The molecule has 2 N–H and O–H groups in total. The normalized spacial score (nSPS) is 10.9. The summed E-state index contributed by atoms with van der Waals surface area (Å²) in [4.78, 5) is 23.6. The van der Waals surface area contributed by atoms with Crippen LogP contribution in [0, 0.1) is 6.92 Å². The zero-order chi connectivity index (χ0) is 18.3. The van der Waals surface area contributed by atoms with Gasteiger partial charge >= 0.3 is 0 Å². The summed E-state index contributed by atoms with van der Waals surface area (Å²) in [6.45, 7) is 1.84. The maximum atomic E-state index is 12.1. The molecule has 25 heavy (non-hydrogen) atoms. The minimum absolute atomic E-state index is 0.0262. The summed E-state index contributed by atoms with van der Waals surface area (Å²) in [5.74, 6) is -1.01. The van der Waals surface area contributed by atoms with E-state index < -0.39 is 15.9 Å². The minimum atomic E-state index is -3.89. The molecule has 6 nitrogen and oxygen atoms in total. The molecule has 0 atom stereocenters. The second-order valence-electron chi connectivity index (χ2n) is 5.25. The van der Waals surface area contributed by atoms with Crippen LogP contribution in [0.2, 0.25) is 0 Å². The fourth-order valence-corrected chi connectivity index (χ4v) is 3.60.